The number of anilines is 1. The highest BCUT2D eigenvalue weighted by molar-refractivity contribution is 5.93. The number of nitrogens with zero attached hydrogens (tertiary/aromatic N) is 1. The lowest BCUT2D eigenvalue weighted by Crippen LogP contribution is -2.30. The number of carbonyl (C=O) groups excluding carboxylic acids is 1. The lowest BCUT2D eigenvalue weighted by atomic mass is 9.76. The van der Waals surface area contributed by atoms with Gasteiger partial charge in [0.15, 0.2) is 6.61 Å². The maximum absolute atomic E-state index is 12.1. The van der Waals surface area contributed by atoms with Gasteiger partial charge in [-0.1, -0.05) is 30.4 Å². The summed E-state index contributed by atoms with van der Waals surface area (Å²) in [6.07, 6.45) is 5.53. The zero-order valence-electron chi connectivity index (χ0n) is 15.9. The Morgan fingerprint density at radius 1 is 1.25 bits per heavy atom. The molecule has 1 heterocycles. The van der Waals surface area contributed by atoms with Crippen LogP contribution in [0.15, 0.2) is 48.6 Å². The quantitative estimate of drug-likeness (QED) is 0.630. The number of ether oxygens (including phenoxy) is 2. The van der Waals surface area contributed by atoms with E-state index in [4.69, 9.17) is 14.7 Å². The molecule has 0 saturated carbocycles. The molecule has 0 amide bonds. The van der Waals surface area contributed by atoms with Gasteiger partial charge >= 0.3 is 5.97 Å². The van der Waals surface area contributed by atoms with E-state index in [0.717, 1.165) is 23.2 Å². The maximum Gasteiger partial charge on any atom is 0.338 e. The number of methoxy groups -OCH3 is 1. The Morgan fingerprint density at radius 2 is 2.04 bits per heavy atom. The molecule has 0 fully saturated rings. The van der Waals surface area contributed by atoms with Crippen LogP contribution >= 0.6 is 0 Å². The molecule has 0 aromatic heterocycles. The highest BCUT2D eigenvalue weighted by atomic mass is 16.5. The van der Waals surface area contributed by atoms with Crippen LogP contribution in [0.2, 0.25) is 0 Å². The average molecular weight is 374 g/mol. The molecular formula is C23H22N2O3. The number of fused-ring (bicyclic) bond motifs is 3. The van der Waals surface area contributed by atoms with Gasteiger partial charge in [-0.15, -0.1) is 0 Å². The first-order chi connectivity index (χ1) is 13.6. The molecule has 1 aliphatic heterocycles. The van der Waals surface area contributed by atoms with E-state index < -0.39 is 0 Å². The fraction of sp³-hybridized carbons (Fsp3) is 0.304. The SMILES string of the molecule is COC(=O)c1ccc2c(c1C)N[C@H](c1ccc(OCC#N)cc1)[C@@H]1CC=C[C@@H]21. The van der Waals surface area contributed by atoms with Crippen molar-refractivity contribution in [3.63, 3.8) is 0 Å². The van der Waals surface area contributed by atoms with Gasteiger partial charge in [-0.3, -0.25) is 0 Å². The van der Waals surface area contributed by atoms with Crippen LogP contribution in [0, 0.1) is 24.2 Å². The molecule has 5 nitrogen and oxygen atoms in total. The summed E-state index contributed by atoms with van der Waals surface area (Å²) in [6, 6.07) is 13.9. The molecule has 5 heteroatoms. The number of hydrogen-bond donors (Lipinski definition) is 1. The van der Waals surface area contributed by atoms with Crippen LogP contribution in [-0.4, -0.2) is 19.7 Å². The fourth-order valence-electron chi connectivity index (χ4n) is 4.36. The molecule has 2 aliphatic rings. The number of carbonyl (C=O) groups is 1. The van der Waals surface area contributed by atoms with Gasteiger partial charge < -0.3 is 14.8 Å². The molecule has 0 radical (unpaired) electrons. The molecule has 0 bridgehead atoms. The highest BCUT2D eigenvalue weighted by Crippen LogP contribution is 2.51. The summed E-state index contributed by atoms with van der Waals surface area (Å²) in [4.78, 5) is 12.1. The number of benzene rings is 2. The van der Waals surface area contributed by atoms with Crippen molar-refractivity contribution in [2.75, 3.05) is 19.0 Å². The van der Waals surface area contributed by atoms with E-state index in [2.05, 4.69) is 17.5 Å². The number of allylic oxidation sites excluding steroid dienone is 2. The lowest BCUT2D eigenvalue weighted by Gasteiger charge is -2.38. The lowest BCUT2D eigenvalue weighted by molar-refractivity contribution is 0.0600. The molecule has 0 saturated heterocycles. The molecule has 2 aromatic rings. The van der Waals surface area contributed by atoms with E-state index in [1.807, 2.05) is 49.4 Å². The van der Waals surface area contributed by atoms with Gasteiger partial charge in [-0.25, -0.2) is 4.79 Å². The van der Waals surface area contributed by atoms with Gasteiger partial charge in [0, 0.05) is 11.6 Å². The van der Waals surface area contributed by atoms with Gasteiger partial charge in [0.05, 0.1) is 18.7 Å². The molecule has 3 atom stereocenters. The Kier molecular flexibility index (Phi) is 4.79. The van der Waals surface area contributed by atoms with E-state index in [-0.39, 0.29) is 18.6 Å². The largest absolute Gasteiger partial charge is 0.479 e. The molecule has 4 rings (SSSR count). The molecule has 0 unspecified atom stereocenters. The number of nitriles is 1. The third-order valence-corrected chi connectivity index (χ3v) is 5.75. The Hall–Kier alpha value is -3.26. The normalized spacial score (nSPS) is 21.8. The second-order valence-corrected chi connectivity index (χ2v) is 7.19. The molecule has 142 valence electrons. The maximum atomic E-state index is 12.1. The first-order valence-corrected chi connectivity index (χ1v) is 9.38. The van der Waals surface area contributed by atoms with Crippen LogP contribution in [0.5, 0.6) is 5.75 Å². The molecule has 2 aromatic carbocycles. The van der Waals surface area contributed by atoms with Crippen molar-refractivity contribution in [1.29, 1.82) is 5.26 Å². The van der Waals surface area contributed by atoms with Crippen molar-refractivity contribution in [3.05, 3.63) is 70.8 Å². The first-order valence-electron chi connectivity index (χ1n) is 9.38. The number of esters is 1. The van der Waals surface area contributed by atoms with Gasteiger partial charge in [-0.05, 0) is 54.2 Å². The number of rotatable bonds is 4. The Balaban J connectivity index is 1.71. The Bertz CT molecular complexity index is 973. The summed E-state index contributed by atoms with van der Waals surface area (Å²) < 4.78 is 10.3. The van der Waals surface area contributed by atoms with E-state index in [1.54, 1.807) is 0 Å². The summed E-state index contributed by atoms with van der Waals surface area (Å²) in [5.41, 5.74) is 4.92. The minimum Gasteiger partial charge on any atom is -0.479 e. The fourth-order valence-corrected chi connectivity index (χ4v) is 4.36. The van der Waals surface area contributed by atoms with Crippen molar-refractivity contribution in [1.82, 2.24) is 0 Å². The summed E-state index contributed by atoms with van der Waals surface area (Å²) in [5, 5.41) is 12.4. The van der Waals surface area contributed by atoms with Gasteiger partial charge in [-0.2, -0.15) is 5.26 Å². The van der Waals surface area contributed by atoms with Crippen molar-refractivity contribution in [2.24, 2.45) is 5.92 Å². The smallest absolute Gasteiger partial charge is 0.338 e. The standard InChI is InChI=1S/C23H22N2O3/c1-14-17(23(26)27-2)10-11-20-18-4-3-5-19(18)22(25-21(14)20)15-6-8-16(9-7-15)28-13-12-24/h3-4,6-11,18-19,22,25H,5,13H2,1-2H3/t18-,19-,22-/m1/s1. The van der Waals surface area contributed by atoms with Crippen LogP contribution in [0.3, 0.4) is 0 Å². The van der Waals surface area contributed by atoms with E-state index in [0.29, 0.717) is 23.1 Å². The average Bonchev–Trinajstić information content (AvgIpc) is 3.22. The predicted octanol–water partition coefficient (Wildman–Crippen LogP) is 4.51. The van der Waals surface area contributed by atoms with Crippen LogP contribution in [-0.2, 0) is 4.74 Å². The number of nitrogens with one attached hydrogen (secondary N) is 1. The first kappa shape index (κ1) is 18.1. The second kappa shape index (κ2) is 7.40. The Labute approximate surface area is 164 Å². The summed E-state index contributed by atoms with van der Waals surface area (Å²) in [7, 11) is 1.41. The van der Waals surface area contributed by atoms with Crippen molar-refractivity contribution >= 4 is 11.7 Å². The highest BCUT2D eigenvalue weighted by Gasteiger charge is 2.39. The Morgan fingerprint density at radius 3 is 2.75 bits per heavy atom. The molecule has 0 spiro atoms. The van der Waals surface area contributed by atoms with Gasteiger partial charge in [0.2, 0.25) is 0 Å². The van der Waals surface area contributed by atoms with Crippen LogP contribution in [0.4, 0.5) is 5.69 Å². The minimum absolute atomic E-state index is 0.0402. The minimum atomic E-state index is -0.318. The molecular weight excluding hydrogens is 352 g/mol. The third-order valence-electron chi connectivity index (χ3n) is 5.75. The van der Waals surface area contributed by atoms with Crippen molar-refractivity contribution in [2.45, 2.75) is 25.3 Å². The second-order valence-electron chi connectivity index (χ2n) is 7.19. The number of hydrogen-bond acceptors (Lipinski definition) is 5. The van der Waals surface area contributed by atoms with Crippen LogP contribution < -0.4 is 10.1 Å². The van der Waals surface area contributed by atoms with Gasteiger partial charge in [0.1, 0.15) is 11.8 Å². The van der Waals surface area contributed by atoms with Crippen molar-refractivity contribution in [3.8, 4) is 11.8 Å². The van der Waals surface area contributed by atoms with E-state index >= 15 is 0 Å². The predicted molar refractivity (Wildman–Crippen MR) is 106 cm³/mol. The van der Waals surface area contributed by atoms with Crippen LogP contribution in [0.25, 0.3) is 0 Å². The monoisotopic (exact) mass is 374 g/mol. The zero-order valence-corrected chi connectivity index (χ0v) is 15.9. The van der Waals surface area contributed by atoms with E-state index in [9.17, 15) is 4.79 Å². The molecule has 1 aliphatic carbocycles. The third kappa shape index (κ3) is 3.01. The molecule has 28 heavy (non-hydrogen) atoms. The van der Waals surface area contributed by atoms with Crippen LogP contribution in [0.1, 0.15) is 45.4 Å². The summed E-state index contributed by atoms with van der Waals surface area (Å²) in [6.45, 7) is 2.01. The zero-order chi connectivity index (χ0) is 19.7. The summed E-state index contributed by atoms with van der Waals surface area (Å²) >= 11 is 0. The molecule has 1 N–H and O–H groups in total. The van der Waals surface area contributed by atoms with Gasteiger partial charge in [0.25, 0.3) is 0 Å². The van der Waals surface area contributed by atoms with Crippen molar-refractivity contribution < 1.29 is 14.3 Å². The van der Waals surface area contributed by atoms with E-state index in [1.165, 1.54) is 12.7 Å². The topological polar surface area (TPSA) is 71.3 Å². The summed E-state index contributed by atoms with van der Waals surface area (Å²) in [5.74, 6) is 1.11.